The van der Waals surface area contributed by atoms with Gasteiger partial charge >= 0.3 is 5.97 Å². The number of ketones is 1. The van der Waals surface area contributed by atoms with Crippen LogP contribution < -0.4 is 10.6 Å². The third kappa shape index (κ3) is 3.53. The largest absolute Gasteiger partial charge is 0.463 e. The van der Waals surface area contributed by atoms with Crippen LogP contribution in [0.1, 0.15) is 37.0 Å². The zero-order valence-corrected chi connectivity index (χ0v) is 18.4. The van der Waals surface area contributed by atoms with Gasteiger partial charge in [-0.3, -0.25) is 9.69 Å². The van der Waals surface area contributed by atoms with E-state index in [0.717, 1.165) is 32.9 Å². The van der Waals surface area contributed by atoms with Crippen molar-refractivity contribution in [3.63, 3.8) is 0 Å². The first-order valence-electron chi connectivity index (χ1n) is 9.56. The van der Waals surface area contributed by atoms with E-state index in [1.165, 1.54) is 11.3 Å². The third-order valence-electron chi connectivity index (χ3n) is 5.18. The topological polar surface area (TPSA) is 72.6 Å². The highest BCUT2D eigenvalue weighted by atomic mass is 79.9. The number of ether oxygens (including phenoxy) is 1. The molecule has 0 saturated carbocycles. The lowest BCUT2D eigenvalue weighted by Crippen LogP contribution is -2.40. The summed E-state index contributed by atoms with van der Waals surface area (Å²) in [6, 6.07) is 13.5. The number of hydrogen-bond donors (Lipinski definition) is 1. The Bertz CT molecular complexity index is 1030. The normalized spacial score (nSPS) is 19.4. The highest BCUT2D eigenvalue weighted by molar-refractivity contribution is 9.11. The minimum Gasteiger partial charge on any atom is -0.463 e. The fourth-order valence-corrected chi connectivity index (χ4v) is 5.58. The van der Waals surface area contributed by atoms with Crippen LogP contribution in [0.25, 0.3) is 0 Å². The maximum absolute atomic E-state index is 13.1. The minimum absolute atomic E-state index is 0.0657. The van der Waals surface area contributed by atoms with E-state index < -0.39 is 11.9 Å². The molecule has 4 rings (SSSR count). The quantitative estimate of drug-likeness (QED) is 0.643. The van der Waals surface area contributed by atoms with E-state index in [2.05, 4.69) is 15.9 Å². The molecular weight excluding hydrogens is 452 g/mol. The van der Waals surface area contributed by atoms with Crippen molar-refractivity contribution in [3.8, 4) is 0 Å². The van der Waals surface area contributed by atoms with E-state index in [1.54, 1.807) is 6.92 Å². The Labute approximate surface area is 182 Å². The Morgan fingerprint density at radius 3 is 2.66 bits per heavy atom. The number of allylic oxidation sites excluding steroid dienone is 2. The lowest BCUT2D eigenvalue weighted by atomic mass is 9.77. The van der Waals surface area contributed by atoms with Crippen molar-refractivity contribution in [2.75, 3.05) is 11.5 Å². The predicted octanol–water partition coefficient (Wildman–Crippen LogP) is 4.85. The van der Waals surface area contributed by atoms with Crippen LogP contribution in [0, 0.1) is 0 Å². The molecule has 0 bridgehead atoms. The van der Waals surface area contributed by atoms with E-state index in [1.807, 2.05) is 47.4 Å². The lowest BCUT2D eigenvalue weighted by Gasteiger charge is -2.40. The monoisotopic (exact) mass is 472 g/mol. The summed E-state index contributed by atoms with van der Waals surface area (Å²) in [7, 11) is 0. The van der Waals surface area contributed by atoms with Gasteiger partial charge in [-0.1, -0.05) is 18.2 Å². The molecule has 1 aliphatic heterocycles. The summed E-state index contributed by atoms with van der Waals surface area (Å²) in [5.74, 6) is -0.591. The van der Waals surface area contributed by atoms with Crippen molar-refractivity contribution in [1.29, 1.82) is 0 Å². The van der Waals surface area contributed by atoms with E-state index in [-0.39, 0.29) is 12.4 Å². The van der Waals surface area contributed by atoms with Gasteiger partial charge in [-0.2, -0.15) is 0 Å². The summed E-state index contributed by atoms with van der Waals surface area (Å²) in [6.45, 7) is 2.00. The van der Waals surface area contributed by atoms with Gasteiger partial charge < -0.3 is 10.5 Å². The maximum Gasteiger partial charge on any atom is 0.338 e. The number of para-hydroxylation sites is 1. The number of esters is 1. The van der Waals surface area contributed by atoms with Gasteiger partial charge in [-0.15, -0.1) is 11.3 Å². The second-order valence-electron chi connectivity index (χ2n) is 6.90. The van der Waals surface area contributed by atoms with Crippen LogP contribution in [0.3, 0.4) is 0 Å². The maximum atomic E-state index is 13.1. The third-order valence-corrected chi connectivity index (χ3v) is 6.87. The summed E-state index contributed by atoms with van der Waals surface area (Å²) in [4.78, 5) is 28.9. The standard InChI is InChI=1S/C22H21BrN2O3S/c1-2-28-22(27)20-19(16-11-12-17(23)29-16)18-14(9-6-10-15(18)26)25(21(20)24)13-7-4-3-5-8-13/h3-5,7-8,11-12,19H,2,6,9-10,24H2,1H3/t19-/m1/s1. The van der Waals surface area contributed by atoms with Crippen molar-refractivity contribution in [2.45, 2.75) is 32.1 Å². The molecule has 1 aromatic heterocycles. The van der Waals surface area contributed by atoms with Gasteiger partial charge in [0.05, 0.1) is 21.9 Å². The molecule has 0 fully saturated rings. The smallest absolute Gasteiger partial charge is 0.338 e. The molecule has 150 valence electrons. The Balaban J connectivity index is 1.98. The Morgan fingerprint density at radius 1 is 1.24 bits per heavy atom. The highest BCUT2D eigenvalue weighted by Crippen LogP contribution is 2.48. The molecule has 1 atom stereocenters. The second-order valence-corrected chi connectivity index (χ2v) is 9.40. The van der Waals surface area contributed by atoms with Crippen LogP contribution >= 0.6 is 27.3 Å². The van der Waals surface area contributed by atoms with Crippen LogP contribution in [0.4, 0.5) is 5.69 Å². The molecule has 0 spiro atoms. The van der Waals surface area contributed by atoms with Crippen molar-refractivity contribution >= 4 is 44.7 Å². The van der Waals surface area contributed by atoms with Crippen molar-refractivity contribution in [3.05, 3.63) is 73.8 Å². The SMILES string of the molecule is CCOC(=O)C1=C(N)N(c2ccccc2)C2=C(C(=O)CCC2)[C@H]1c1ccc(Br)s1. The number of halogens is 1. The zero-order chi connectivity index (χ0) is 20.5. The number of hydrogen-bond acceptors (Lipinski definition) is 6. The van der Waals surface area contributed by atoms with E-state index in [0.29, 0.717) is 23.4 Å². The van der Waals surface area contributed by atoms with Crippen molar-refractivity contribution in [2.24, 2.45) is 5.73 Å². The Kier molecular flexibility index (Phi) is 5.61. The van der Waals surface area contributed by atoms with Crippen LogP contribution in [0.5, 0.6) is 0 Å². The van der Waals surface area contributed by atoms with E-state index >= 15 is 0 Å². The molecule has 7 heteroatoms. The Hall–Kier alpha value is -2.38. The number of benzene rings is 1. The molecule has 2 aliphatic rings. The van der Waals surface area contributed by atoms with Gasteiger partial charge in [-0.25, -0.2) is 4.79 Å². The van der Waals surface area contributed by atoms with Gasteiger partial charge in [0.1, 0.15) is 5.82 Å². The van der Waals surface area contributed by atoms with Gasteiger partial charge in [0.25, 0.3) is 0 Å². The summed E-state index contributed by atoms with van der Waals surface area (Å²) in [6.07, 6.45) is 1.97. The Morgan fingerprint density at radius 2 is 2.00 bits per heavy atom. The second kappa shape index (κ2) is 8.16. The zero-order valence-electron chi connectivity index (χ0n) is 16.0. The number of nitrogens with two attached hydrogens (primary N) is 1. The molecule has 5 nitrogen and oxygen atoms in total. The van der Waals surface area contributed by atoms with Gasteiger partial charge in [-0.05, 0) is 60.0 Å². The number of thiophene rings is 1. The number of carbonyl (C=O) groups is 2. The first kappa shape index (κ1) is 19.9. The molecule has 0 amide bonds. The molecule has 2 heterocycles. The summed E-state index contributed by atoms with van der Waals surface area (Å²) >= 11 is 5.00. The fraction of sp³-hybridized carbons (Fsp3) is 0.273. The highest BCUT2D eigenvalue weighted by Gasteiger charge is 2.43. The molecule has 0 radical (unpaired) electrons. The van der Waals surface area contributed by atoms with E-state index in [4.69, 9.17) is 10.5 Å². The summed E-state index contributed by atoms with van der Waals surface area (Å²) in [5.41, 5.74) is 9.33. The van der Waals surface area contributed by atoms with Crippen LogP contribution in [-0.2, 0) is 14.3 Å². The molecule has 0 saturated heterocycles. The van der Waals surface area contributed by atoms with Crippen molar-refractivity contribution in [1.82, 2.24) is 0 Å². The molecule has 2 aromatic rings. The molecule has 1 aromatic carbocycles. The number of anilines is 1. The predicted molar refractivity (Wildman–Crippen MR) is 117 cm³/mol. The van der Waals surface area contributed by atoms with Gasteiger partial charge in [0.2, 0.25) is 0 Å². The van der Waals surface area contributed by atoms with Crippen molar-refractivity contribution < 1.29 is 14.3 Å². The van der Waals surface area contributed by atoms with Crippen LogP contribution in [0.2, 0.25) is 0 Å². The minimum atomic E-state index is -0.506. The summed E-state index contributed by atoms with van der Waals surface area (Å²) < 4.78 is 6.30. The number of carbonyl (C=O) groups excluding carboxylic acids is 2. The number of Topliss-reactive ketones (excluding diaryl/α,β-unsaturated/α-hetero) is 1. The van der Waals surface area contributed by atoms with Crippen LogP contribution in [-0.4, -0.2) is 18.4 Å². The number of rotatable bonds is 4. The van der Waals surface area contributed by atoms with Gasteiger partial charge in [0.15, 0.2) is 5.78 Å². The molecule has 1 aliphatic carbocycles. The molecule has 2 N–H and O–H groups in total. The lowest BCUT2D eigenvalue weighted by molar-refractivity contribution is -0.138. The molecule has 0 unspecified atom stereocenters. The molecule has 29 heavy (non-hydrogen) atoms. The number of nitrogens with zero attached hydrogens (tertiary/aromatic N) is 1. The van der Waals surface area contributed by atoms with Crippen LogP contribution in [0.15, 0.2) is 68.9 Å². The first-order valence-corrected chi connectivity index (χ1v) is 11.2. The fourth-order valence-electron chi connectivity index (χ4n) is 4.04. The molecular formula is C22H21BrN2O3S. The summed E-state index contributed by atoms with van der Waals surface area (Å²) in [5, 5.41) is 0. The average Bonchev–Trinajstić information content (AvgIpc) is 3.14. The van der Waals surface area contributed by atoms with E-state index in [9.17, 15) is 9.59 Å². The first-order chi connectivity index (χ1) is 14.0. The van der Waals surface area contributed by atoms with Gasteiger partial charge in [0, 0.05) is 28.3 Å². The average molecular weight is 473 g/mol.